The molecular weight excluding hydrogens is 307 g/mol. The van der Waals surface area contributed by atoms with Crippen molar-refractivity contribution in [3.8, 4) is 0 Å². The number of aromatic nitrogens is 1. The average Bonchev–Trinajstić information content (AvgIpc) is 2.37. The molecule has 0 aliphatic carbocycles. The SMILES string of the molecule is C[C@@H]1CN[C@H](CNc2ccc(C(F)(F)F)cn2)[C@H](C)O1.Cl. The highest BCUT2D eigenvalue weighted by molar-refractivity contribution is 5.85. The van der Waals surface area contributed by atoms with Crippen LogP contribution in [0.1, 0.15) is 19.4 Å². The molecule has 1 saturated heterocycles. The molecule has 21 heavy (non-hydrogen) atoms. The summed E-state index contributed by atoms with van der Waals surface area (Å²) >= 11 is 0. The average molecular weight is 326 g/mol. The summed E-state index contributed by atoms with van der Waals surface area (Å²) in [7, 11) is 0. The van der Waals surface area contributed by atoms with E-state index in [0.717, 1.165) is 18.8 Å². The van der Waals surface area contributed by atoms with E-state index in [1.807, 2.05) is 13.8 Å². The Morgan fingerprint density at radius 1 is 1.38 bits per heavy atom. The normalized spacial score (nSPS) is 26.0. The molecule has 2 rings (SSSR count). The lowest BCUT2D eigenvalue weighted by Crippen LogP contribution is -2.53. The summed E-state index contributed by atoms with van der Waals surface area (Å²) in [6.45, 7) is 5.27. The minimum absolute atomic E-state index is 0. The van der Waals surface area contributed by atoms with Crippen LogP contribution in [0.25, 0.3) is 0 Å². The van der Waals surface area contributed by atoms with Crippen molar-refractivity contribution in [2.24, 2.45) is 0 Å². The van der Waals surface area contributed by atoms with Crippen molar-refractivity contribution < 1.29 is 17.9 Å². The van der Waals surface area contributed by atoms with Crippen LogP contribution in [0, 0.1) is 0 Å². The van der Waals surface area contributed by atoms with Crippen molar-refractivity contribution in [2.45, 2.75) is 38.3 Å². The molecule has 0 amide bonds. The number of hydrogen-bond donors (Lipinski definition) is 2. The number of morpholine rings is 1. The van der Waals surface area contributed by atoms with E-state index in [4.69, 9.17) is 4.74 Å². The summed E-state index contributed by atoms with van der Waals surface area (Å²) in [5, 5.41) is 6.35. The van der Waals surface area contributed by atoms with Gasteiger partial charge in [-0.2, -0.15) is 13.2 Å². The van der Waals surface area contributed by atoms with Gasteiger partial charge in [-0.3, -0.25) is 0 Å². The molecule has 1 aliphatic rings. The van der Waals surface area contributed by atoms with Gasteiger partial charge in [0, 0.05) is 19.3 Å². The number of hydrogen-bond acceptors (Lipinski definition) is 4. The van der Waals surface area contributed by atoms with E-state index >= 15 is 0 Å². The summed E-state index contributed by atoms with van der Waals surface area (Å²) in [4.78, 5) is 3.77. The van der Waals surface area contributed by atoms with Crippen molar-refractivity contribution in [2.75, 3.05) is 18.4 Å². The van der Waals surface area contributed by atoms with Gasteiger partial charge in [-0.25, -0.2) is 4.98 Å². The molecule has 2 heterocycles. The van der Waals surface area contributed by atoms with Crippen LogP contribution in [0.2, 0.25) is 0 Å². The Morgan fingerprint density at radius 3 is 2.62 bits per heavy atom. The summed E-state index contributed by atoms with van der Waals surface area (Å²) < 4.78 is 42.9. The zero-order valence-electron chi connectivity index (χ0n) is 11.8. The van der Waals surface area contributed by atoms with Gasteiger partial charge in [-0.1, -0.05) is 0 Å². The Kier molecular flexibility index (Phi) is 6.24. The first-order valence-corrected chi connectivity index (χ1v) is 6.52. The standard InChI is InChI=1S/C13H18F3N3O.ClH/c1-8-5-17-11(9(2)20-8)7-19-12-4-3-10(6-18-12)13(14,15)16;/h3-4,6,8-9,11,17H,5,7H2,1-2H3,(H,18,19);1H/t8-,9+,11-;/m1./s1. The predicted molar refractivity (Wildman–Crippen MR) is 76.8 cm³/mol. The highest BCUT2D eigenvalue weighted by Crippen LogP contribution is 2.28. The van der Waals surface area contributed by atoms with Gasteiger partial charge in [0.05, 0.1) is 23.8 Å². The van der Waals surface area contributed by atoms with Gasteiger partial charge in [0.15, 0.2) is 0 Å². The molecule has 3 atom stereocenters. The van der Waals surface area contributed by atoms with Crippen molar-refractivity contribution in [3.63, 3.8) is 0 Å². The third-order valence-electron chi connectivity index (χ3n) is 3.27. The highest BCUT2D eigenvalue weighted by Gasteiger charge is 2.30. The van der Waals surface area contributed by atoms with Crippen LogP contribution in [0.3, 0.4) is 0 Å². The summed E-state index contributed by atoms with van der Waals surface area (Å²) in [6, 6.07) is 2.46. The van der Waals surface area contributed by atoms with Crippen molar-refractivity contribution in [3.05, 3.63) is 23.9 Å². The number of pyridine rings is 1. The first-order valence-electron chi connectivity index (χ1n) is 6.52. The van der Waals surface area contributed by atoms with Crippen LogP contribution in [-0.4, -0.2) is 36.3 Å². The van der Waals surface area contributed by atoms with Crippen molar-refractivity contribution in [1.29, 1.82) is 0 Å². The van der Waals surface area contributed by atoms with E-state index in [0.29, 0.717) is 12.4 Å². The molecule has 2 N–H and O–H groups in total. The van der Waals surface area contributed by atoms with E-state index in [2.05, 4.69) is 15.6 Å². The molecule has 0 saturated carbocycles. The predicted octanol–water partition coefficient (Wildman–Crippen LogP) is 2.70. The number of nitrogens with zero attached hydrogens (tertiary/aromatic N) is 1. The second-order valence-electron chi connectivity index (χ2n) is 4.98. The number of rotatable bonds is 3. The lowest BCUT2D eigenvalue weighted by Gasteiger charge is -2.34. The first kappa shape index (κ1) is 18.0. The monoisotopic (exact) mass is 325 g/mol. The Labute approximate surface area is 127 Å². The molecule has 0 spiro atoms. The lowest BCUT2D eigenvalue weighted by molar-refractivity contribution is -0.137. The van der Waals surface area contributed by atoms with E-state index in [1.165, 1.54) is 6.07 Å². The fourth-order valence-corrected chi connectivity index (χ4v) is 2.11. The Bertz CT molecular complexity index is 441. The summed E-state index contributed by atoms with van der Waals surface area (Å²) in [5.41, 5.74) is -0.746. The van der Waals surface area contributed by atoms with Crippen LogP contribution >= 0.6 is 12.4 Å². The van der Waals surface area contributed by atoms with E-state index in [1.54, 1.807) is 0 Å². The van der Waals surface area contributed by atoms with Crippen molar-refractivity contribution in [1.82, 2.24) is 10.3 Å². The maximum atomic E-state index is 12.4. The number of ether oxygens (including phenoxy) is 1. The van der Waals surface area contributed by atoms with Gasteiger partial charge in [0.1, 0.15) is 5.82 Å². The summed E-state index contributed by atoms with van der Waals surface area (Å²) in [6.07, 6.45) is -3.31. The molecule has 0 bridgehead atoms. The Hall–Kier alpha value is -1.05. The molecule has 1 aromatic rings. The number of nitrogens with one attached hydrogen (secondary N) is 2. The molecule has 120 valence electrons. The van der Waals surface area contributed by atoms with Gasteiger partial charge < -0.3 is 15.4 Å². The topological polar surface area (TPSA) is 46.2 Å². The highest BCUT2D eigenvalue weighted by atomic mass is 35.5. The third-order valence-corrected chi connectivity index (χ3v) is 3.27. The maximum Gasteiger partial charge on any atom is 0.417 e. The number of anilines is 1. The molecular formula is C13H19ClF3N3O. The molecule has 1 fully saturated rings. The van der Waals surface area contributed by atoms with E-state index in [-0.39, 0.29) is 30.7 Å². The van der Waals surface area contributed by atoms with Gasteiger partial charge in [0.2, 0.25) is 0 Å². The van der Waals surface area contributed by atoms with Crippen LogP contribution in [0.15, 0.2) is 18.3 Å². The molecule has 0 radical (unpaired) electrons. The summed E-state index contributed by atoms with van der Waals surface area (Å²) in [5.74, 6) is 0.422. The molecule has 1 aliphatic heterocycles. The second-order valence-corrected chi connectivity index (χ2v) is 4.98. The van der Waals surface area contributed by atoms with Gasteiger partial charge in [-0.05, 0) is 26.0 Å². The van der Waals surface area contributed by atoms with Gasteiger partial charge >= 0.3 is 6.18 Å². The van der Waals surface area contributed by atoms with Crippen LogP contribution in [0.5, 0.6) is 0 Å². The molecule has 8 heteroatoms. The van der Waals surface area contributed by atoms with Crippen molar-refractivity contribution >= 4 is 18.2 Å². The van der Waals surface area contributed by atoms with Crippen LogP contribution in [0.4, 0.5) is 19.0 Å². The Morgan fingerprint density at radius 2 is 2.10 bits per heavy atom. The lowest BCUT2D eigenvalue weighted by atomic mass is 10.1. The van der Waals surface area contributed by atoms with E-state index in [9.17, 15) is 13.2 Å². The fourth-order valence-electron chi connectivity index (χ4n) is 2.11. The first-order chi connectivity index (χ1) is 9.36. The van der Waals surface area contributed by atoms with Crippen LogP contribution in [-0.2, 0) is 10.9 Å². The van der Waals surface area contributed by atoms with Gasteiger partial charge in [-0.15, -0.1) is 12.4 Å². The van der Waals surface area contributed by atoms with Gasteiger partial charge in [0.25, 0.3) is 0 Å². The number of halogens is 4. The fraction of sp³-hybridized carbons (Fsp3) is 0.615. The number of alkyl halides is 3. The maximum absolute atomic E-state index is 12.4. The zero-order chi connectivity index (χ0) is 14.8. The zero-order valence-corrected chi connectivity index (χ0v) is 12.6. The molecule has 0 unspecified atom stereocenters. The van der Waals surface area contributed by atoms with E-state index < -0.39 is 11.7 Å². The minimum atomic E-state index is -4.35. The second kappa shape index (κ2) is 7.29. The minimum Gasteiger partial charge on any atom is -0.373 e. The molecule has 4 nitrogen and oxygen atoms in total. The largest absolute Gasteiger partial charge is 0.417 e. The molecule has 1 aromatic heterocycles. The quantitative estimate of drug-likeness (QED) is 0.897. The smallest absolute Gasteiger partial charge is 0.373 e. The molecule has 0 aromatic carbocycles. The third kappa shape index (κ3) is 5.01. The van der Waals surface area contributed by atoms with Crippen LogP contribution < -0.4 is 10.6 Å². The Balaban J connectivity index is 0.00000220.